The van der Waals surface area contributed by atoms with Crippen LogP contribution in [0.4, 0.5) is 0 Å². The summed E-state index contributed by atoms with van der Waals surface area (Å²) in [5.74, 6) is 1.04. The van der Waals surface area contributed by atoms with Gasteiger partial charge in [-0.15, -0.1) is 11.8 Å². The van der Waals surface area contributed by atoms with Gasteiger partial charge in [-0.1, -0.05) is 13.8 Å². The van der Waals surface area contributed by atoms with E-state index in [2.05, 4.69) is 19.2 Å². The Hall–Kier alpha value is 0.270. The smallest absolute Gasteiger partial charge is 0.0493 e. The molecule has 1 aliphatic rings. The summed E-state index contributed by atoms with van der Waals surface area (Å²) < 4.78 is 0. The highest BCUT2D eigenvalue weighted by atomic mass is 32.2. The number of aliphatic hydroxyl groups excluding tert-OH is 1. The zero-order valence-corrected chi connectivity index (χ0v) is 7.37. The minimum absolute atomic E-state index is 0.0775. The van der Waals surface area contributed by atoms with Gasteiger partial charge in [-0.25, -0.2) is 0 Å². The van der Waals surface area contributed by atoms with Gasteiger partial charge in [0, 0.05) is 29.7 Å². The van der Waals surface area contributed by atoms with Gasteiger partial charge < -0.3 is 10.4 Å². The number of hydrogen-bond donors (Lipinski definition) is 2. The molecule has 2 N–H and O–H groups in total. The van der Waals surface area contributed by atoms with Gasteiger partial charge >= 0.3 is 0 Å². The standard InChI is InChI=1S/C7H15NOS/c1-7(2,4-9)6-3-8-5-10-6/h6,8-9H,3-5H2,1-2H3. The van der Waals surface area contributed by atoms with E-state index in [0.29, 0.717) is 5.25 Å². The fourth-order valence-electron chi connectivity index (χ4n) is 1.01. The van der Waals surface area contributed by atoms with Crippen LogP contribution in [0.5, 0.6) is 0 Å². The van der Waals surface area contributed by atoms with Crippen LogP contribution in [-0.2, 0) is 0 Å². The molecule has 0 radical (unpaired) electrons. The third kappa shape index (κ3) is 1.65. The van der Waals surface area contributed by atoms with Crippen molar-refractivity contribution < 1.29 is 5.11 Å². The summed E-state index contributed by atoms with van der Waals surface area (Å²) in [4.78, 5) is 0. The molecule has 0 amide bonds. The maximum Gasteiger partial charge on any atom is 0.0493 e. The zero-order valence-electron chi connectivity index (χ0n) is 6.55. The second-order valence-corrected chi connectivity index (χ2v) is 4.59. The van der Waals surface area contributed by atoms with E-state index in [9.17, 15) is 0 Å². The van der Waals surface area contributed by atoms with E-state index in [1.54, 1.807) is 0 Å². The Morgan fingerprint density at radius 3 is 2.80 bits per heavy atom. The van der Waals surface area contributed by atoms with Gasteiger partial charge in [0.05, 0.1) is 0 Å². The van der Waals surface area contributed by atoms with E-state index in [-0.39, 0.29) is 12.0 Å². The number of rotatable bonds is 2. The van der Waals surface area contributed by atoms with Crippen molar-refractivity contribution in [3.63, 3.8) is 0 Å². The van der Waals surface area contributed by atoms with Gasteiger partial charge in [0.1, 0.15) is 0 Å². The van der Waals surface area contributed by atoms with Gasteiger partial charge in [0.25, 0.3) is 0 Å². The van der Waals surface area contributed by atoms with Crippen molar-refractivity contribution in [2.24, 2.45) is 5.41 Å². The van der Waals surface area contributed by atoms with Crippen molar-refractivity contribution in [1.29, 1.82) is 0 Å². The first-order chi connectivity index (χ1) is 4.67. The largest absolute Gasteiger partial charge is 0.396 e. The van der Waals surface area contributed by atoms with Crippen LogP contribution in [0.3, 0.4) is 0 Å². The van der Waals surface area contributed by atoms with Gasteiger partial charge in [-0.3, -0.25) is 0 Å². The zero-order chi connectivity index (χ0) is 7.61. The average Bonchev–Trinajstić information content (AvgIpc) is 2.38. The normalized spacial score (nSPS) is 27.3. The highest BCUT2D eigenvalue weighted by Gasteiger charge is 2.31. The molecule has 1 atom stereocenters. The van der Waals surface area contributed by atoms with E-state index in [1.807, 2.05) is 11.8 Å². The van der Waals surface area contributed by atoms with E-state index in [0.717, 1.165) is 12.4 Å². The molecule has 1 fully saturated rings. The van der Waals surface area contributed by atoms with Crippen LogP contribution in [0.25, 0.3) is 0 Å². The lowest BCUT2D eigenvalue weighted by atomic mass is 9.90. The molecule has 1 saturated heterocycles. The highest BCUT2D eigenvalue weighted by molar-refractivity contribution is 8.00. The van der Waals surface area contributed by atoms with Gasteiger partial charge in [0.2, 0.25) is 0 Å². The Kier molecular flexibility index (Phi) is 2.61. The van der Waals surface area contributed by atoms with Crippen LogP contribution in [0, 0.1) is 5.41 Å². The van der Waals surface area contributed by atoms with E-state index in [4.69, 9.17) is 5.11 Å². The average molecular weight is 161 g/mol. The minimum atomic E-state index is 0.0775. The Labute approximate surface area is 66.4 Å². The molecule has 1 rings (SSSR count). The maximum absolute atomic E-state index is 9.01. The summed E-state index contributed by atoms with van der Waals surface area (Å²) >= 11 is 1.90. The van der Waals surface area contributed by atoms with Crippen molar-refractivity contribution in [3.05, 3.63) is 0 Å². The molecule has 0 aliphatic carbocycles. The molecule has 1 aliphatic heterocycles. The van der Waals surface area contributed by atoms with Crippen LogP contribution < -0.4 is 5.32 Å². The van der Waals surface area contributed by atoms with Crippen LogP contribution in [0.2, 0.25) is 0 Å². The molecule has 1 unspecified atom stereocenters. The SMILES string of the molecule is CC(C)(CO)C1CNCS1. The molecule has 0 spiro atoms. The lowest BCUT2D eigenvalue weighted by molar-refractivity contribution is 0.158. The highest BCUT2D eigenvalue weighted by Crippen LogP contribution is 2.32. The summed E-state index contributed by atoms with van der Waals surface area (Å²) in [7, 11) is 0. The van der Waals surface area contributed by atoms with E-state index in [1.165, 1.54) is 0 Å². The third-order valence-electron chi connectivity index (χ3n) is 2.00. The number of thioether (sulfide) groups is 1. The van der Waals surface area contributed by atoms with Gasteiger partial charge in [-0.05, 0) is 0 Å². The number of aliphatic hydroxyl groups is 1. The molecule has 0 aromatic heterocycles. The summed E-state index contributed by atoms with van der Waals surface area (Å²) in [6.45, 7) is 5.54. The Bertz CT molecular complexity index is 110. The third-order valence-corrected chi connectivity index (χ3v) is 3.57. The monoisotopic (exact) mass is 161 g/mol. The first kappa shape index (κ1) is 8.37. The molecule has 2 nitrogen and oxygen atoms in total. The second kappa shape index (κ2) is 3.11. The van der Waals surface area contributed by atoms with Crippen LogP contribution >= 0.6 is 11.8 Å². The van der Waals surface area contributed by atoms with Crippen molar-refractivity contribution >= 4 is 11.8 Å². The lowest BCUT2D eigenvalue weighted by Gasteiger charge is -2.27. The fourth-order valence-corrected chi connectivity index (χ4v) is 2.21. The second-order valence-electron chi connectivity index (χ2n) is 3.40. The summed E-state index contributed by atoms with van der Waals surface area (Å²) in [5, 5.41) is 12.9. The fraction of sp³-hybridized carbons (Fsp3) is 1.00. The topological polar surface area (TPSA) is 32.3 Å². The first-order valence-corrected chi connectivity index (χ1v) is 4.65. The molecule has 0 bridgehead atoms. The molecular formula is C7H15NOS. The lowest BCUT2D eigenvalue weighted by Crippen LogP contribution is -2.32. The Morgan fingerprint density at radius 1 is 1.70 bits per heavy atom. The molecule has 3 heteroatoms. The maximum atomic E-state index is 9.01. The number of nitrogens with one attached hydrogen (secondary N) is 1. The summed E-state index contributed by atoms with van der Waals surface area (Å²) in [6, 6.07) is 0. The van der Waals surface area contributed by atoms with Crippen LogP contribution in [0.1, 0.15) is 13.8 Å². The summed E-state index contributed by atoms with van der Waals surface area (Å²) in [5.41, 5.74) is 0.0775. The summed E-state index contributed by atoms with van der Waals surface area (Å²) in [6.07, 6.45) is 0. The molecule has 0 saturated carbocycles. The van der Waals surface area contributed by atoms with Gasteiger partial charge in [-0.2, -0.15) is 0 Å². The van der Waals surface area contributed by atoms with Crippen LogP contribution in [-0.4, -0.2) is 29.4 Å². The number of hydrogen-bond acceptors (Lipinski definition) is 3. The Morgan fingerprint density at radius 2 is 2.40 bits per heavy atom. The molecule has 0 aromatic carbocycles. The quantitative estimate of drug-likeness (QED) is 0.624. The van der Waals surface area contributed by atoms with Crippen molar-refractivity contribution in [2.45, 2.75) is 19.1 Å². The predicted molar refractivity (Wildman–Crippen MR) is 45.1 cm³/mol. The molecule has 0 aromatic rings. The molecule has 60 valence electrons. The molecular weight excluding hydrogens is 146 g/mol. The minimum Gasteiger partial charge on any atom is -0.396 e. The van der Waals surface area contributed by atoms with Crippen molar-refractivity contribution in [3.8, 4) is 0 Å². The van der Waals surface area contributed by atoms with E-state index >= 15 is 0 Å². The van der Waals surface area contributed by atoms with Crippen molar-refractivity contribution in [1.82, 2.24) is 5.32 Å². The Balaban J connectivity index is 2.45. The molecule has 1 heterocycles. The first-order valence-electron chi connectivity index (χ1n) is 3.60. The molecule has 10 heavy (non-hydrogen) atoms. The van der Waals surface area contributed by atoms with Gasteiger partial charge in [0.15, 0.2) is 0 Å². The predicted octanol–water partition coefficient (Wildman–Crippen LogP) is 0.667. The van der Waals surface area contributed by atoms with Crippen LogP contribution in [0.15, 0.2) is 0 Å². The van der Waals surface area contributed by atoms with Crippen molar-refractivity contribution in [2.75, 3.05) is 19.0 Å². The van der Waals surface area contributed by atoms with E-state index < -0.39 is 0 Å².